The molecule has 0 aliphatic heterocycles. The van der Waals surface area contributed by atoms with Crippen LogP contribution in [-0.4, -0.2) is 15.2 Å². The third kappa shape index (κ3) is 2.82. The van der Waals surface area contributed by atoms with Crippen LogP contribution >= 0.6 is 34.7 Å². The molecular formula is C16H19ClN2S2. The molecule has 0 radical (unpaired) electrons. The Morgan fingerprint density at radius 1 is 1.10 bits per heavy atom. The highest BCUT2D eigenvalue weighted by Gasteiger charge is 2.22. The van der Waals surface area contributed by atoms with Gasteiger partial charge in [0.05, 0.1) is 11.1 Å². The minimum absolute atomic E-state index is 0.679. The highest BCUT2D eigenvalue weighted by molar-refractivity contribution is 7.99. The first-order valence-electron chi connectivity index (χ1n) is 7.89. The number of hydrogen-bond acceptors (Lipinski definition) is 4. The maximum atomic E-state index is 6.46. The van der Waals surface area contributed by atoms with Crippen molar-refractivity contribution in [1.82, 2.24) is 9.97 Å². The van der Waals surface area contributed by atoms with Crippen molar-refractivity contribution < 1.29 is 0 Å². The minimum Gasteiger partial charge on any atom is -0.221 e. The van der Waals surface area contributed by atoms with E-state index in [4.69, 9.17) is 16.6 Å². The first kappa shape index (κ1) is 14.3. The van der Waals surface area contributed by atoms with E-state index in [2.05, 4.69) is 4.98 Å². The molecule has 2 aromatic heterocycles. The number of aromatic nitrogens is 2. The molecule has 1 saturated carbocycles. The summed E-state index contributed by atoms with van der Waals surface area (Å²) in [6.45, 7) is 0. The number of thiophene rings is 1. The van der Waals surface area contributed by atoms with Gasteiger partial charge in [0.1, 0.15) is 15.8 Å². The van der Waals surface area contributed by atoms with E-state index in [9.17, 15) is 0 Å². The molecule has 0 aromatic carbocycles. The van der Waals surface area contributed by atoms with Crippen molar-refractivity contribution in [1.29, 1.82) is 0 Å². The van der Waals surface area contributed by atoms with Crippen LogP contribution in [0.3, 0.4) is 0 Å². The van der Waals surface area contributed by atoms with Gasteiger partial charge < -0.3 is 0 Å². The molecule has 1 fully saturated rings. The van der Waals surface area contributed by atoms with E-state index >= 15 is 0 Å². The van der Waals surface area contributed by atoms with E-state index in [0.29, 0.717) is 5.15 Å². The third-order valence-corrected chi connectivity index (χ3v) is 7.39. The average Bonchev–Trinajstić information content (AvgIpc) is 3.06. The van der Waals surface area contributed by atoms with Crippen molar-refractivity contribution in [2.45, 2.75) is 62.4 Å². The number of fused-ring (bicyclic) bond motifs is 3. The molecule has 2 aliphatic rings. The Hall–Kier alpha value is -0.320. The predicted octanol–water partition coefficient (Wildman–Crippen LogP) is 5.40. The summed E-state index contributed by atoms with van der Waals surface area (Å²) in [5, 5.41) is 2.62. The van der Waals surface area contributed by atoms with Crippen LogP contribution in [0.15, 0.2) is 0 Å². The maximum Gasteiger partial charge on any atom is 0.141 e. The molecule has 0 saturated heterocycles. The third-order valence-electron chi connectivity index (χ3n) is 4.57. The van der Waals surface area contributed by atoms with Crippen molar-refractivity contribution in [2.24, 2.45) is 0 Å². The second-order valence-corrected chi connectivity index (χ2v) is 8.77. The lowest BCUT2D eigenvalue weighted by Gasteiger charge is -2.20. The lowest BCUT2D eigenvalue weighted by molar-refractivity contribution is 0.516. The van der Waals surface area contributed by atoms with Gasteiger partial charge in [0.2, 0.25) is 0 Å². The predicted molar refractivity (Wildman–Crippen MR) is 92.6 cm³/mol. The summed E-state index contributed by atoms with van der Waals surface area (Å²) in [4.78, 5) is 12.0. The number of halogens is 1. The van der Waals surface area contributed by atoms with Crippen molar-refractivity contribution in [3.05, 3.63) is 21.4 Å². The molecule has 0 spiro atoms. The molecule has 2 aliphatic carbocycles. The average molecular weight is 339 g/mol. The van der Waals surface area contributed by atoms with Gasteiger partial charge in [-0.25, -0.2) is 9.97 Å². The molecule has 0 bridgehead atoms. The Morgan fingerprint density at radius 2 is 1.95 bits per heavy atom. The van der Waals surface area contributed by atoms with Crippen LogP contribution in [0.2, 0.25) is 5.15 Å². The van der Waals surface area contributed by atoms with E-state index in [-0.39, 0.29) is 0 Å². The molecule has 0 N–H and O–H groups in total. The van der Waals surface area contributed by atoms with E-state index < -0.39 is 0 Å². The van der Waals surface area contributed by atoms with E-state index in [0.717, 1.165) is 33.5 Å². The van der Waals surface area contributed by atoms with Crippen LogP contribution in [0.4, 0.5) is 0 Å². The fraction of sp³-hybridized carbons (Fsp3) is 0.625. The largest absolute Gasteiger partial charge is 0.221 e. The molecule has 21 heavy (non-hydrogen) atoms. The number of rotatable bonds is 3. The Morgan fingerprint density at radius 3 is 2.81 bits per heavy atom. The molecule has 0 amide bonds. The zero-order valence-electron chi connectivity index (χ0n) is 12.0. The normalized spacial score (nSPS) is 19.3. The summed E-state index contributed by atoms with van der Waals surface area (Å²) in [6, 6.07) is 0. The van der Waals surface area contributed by atoms with Crippen LogP contribution in [0.1, 0.15) is 54.8 Å². The zero-order chi connectivity index (χ0) is 14.2. The fourth-order valence-corrected chi connectivity index (χ4v) is 6.30. The summed E-state index contributed by atoms with van der Waals surface area (Å²) < 4.78 is 0. The summed E-state index contributed by atoms with van der Waals surface area (Å²) in [5.41, 5.74) is 1.42. The van der Waals surface area contributed by atoms with E-state index in [1.54, 1.807) is 0 Å². The van der Waals surface area contributed by atoms with Crippen LogP contribution in [0, 0.1) is 0 Å². The Labute approximate surface area is 138 Å². The summed E-state index contributed by atoms with van der Waals surface area (Å²) in [6.07, 6.45) is 10.5. The minimum atomic E-state index is 0.679. The van der Waals surface area contributed by atoms with Gasteiger partial charge >= 0.3 is 0 Å². The lowest BCUT2D eigenvalue weighted by atomic mass is 10.0. The lowest BCUT2D eigenvalue weighted by Crippen LogP contribution is -2.08. The molecule has 2 nitrogen and oxygen atoms in total. The van der Waals surface area contributed by atoms with Gasteiger partial charge in [0.25, 0.3) is 0 Å². The molecule has 0 unspecified atom stereocenters. The van der Waals surface area contributed by atoms with E-state index in [1.807, 2.05) is 23.1 Å². The van der Waals surface area contributed by atoms with Crippen molar-refractivity contribution in [2.75, 3.05) is 0 Å². The number of thioether (sulfide) groups is 1. The second-order valence-electron chi connectivity index (χ2n) is 6.04. The molecule has 112 valence electrons. The topological polar surface area (TPSA) is 25.8 Å². The quantitative estimate of drug-likeness (QED) is 0.701. The van der Waals surface area contributed by atoms with Crippen LogP contribution in [0.25, 0.3) is 10.2 Å². The summed E-state index contributed by atoms with van der Waals surface area (Å²) >= 11 is 10.3. The monoisotopic (exact) mass is 338 g/mol. The Balaban J connectivity index is 1.56. The van der Waals surface area contributed by atoms with Gasteiger partial charge in [-0.05, 0) is 37.7 Å². The first-order chi connectivity index (χ1) is 10.3. The van der Waals surface area contributed by atoms with Gasteiger partial charge in [-0.3, -0.25) is 0 Å². The summed E-state index contributed by atoms with van der Waals surface area (Å²) in [5.74, 6) is 1.83. The smallest absolute Gasteiger partial charge is 0.141 e. The SMILES string of the molecule is Clc1nc(CSC2CCCCC2)nc2sc3c(c12)CCC3. The van der Waals surface area contributed by atoms with Crippen LogP contribution in [-0.2, 0) is 18.6 Å². The standard InChI is InChI=1S/C16H19ClN2S2/c17-15-14-11-7-4-8-12(11)21-16(14)19-13(18-15)9-20-10-5-2-1-3-6-10/h10H,1-9H2. The molecule has 2 aromatic rings. The van der Waals surface area contributed by atoms with Gasteiger partial charge in [0.15, 0.2) is 0 Å². The Bertz CT molecular complexity index is 662. The first-order valence-corrected chi connectivity index (χ1v) is 10.1. The van der Waals surface area contributed by atoms with Crippen LogP contribution < -0.4 is 0 Å². The van der Waals surface area contributed by atoms with Gasteiger partial charge in [-0.1, -0.05) is 30.9 Å². The number of nitrogens with zero attached hydrogens (tertiary/aromatic N) is 2. The fourth-order valence-electron chi connectivity index (χ4n) is 3.48. The maximum absolute atomic E-state index is 6.46. The Kier molecular flexibility index (Phi) is 4.12. The highest BCUT2D eigenvalue weighted by Crippen LogP contribution is 2.39. The van der Waals surface area contributed by atoms with Crippen molar-refractivity contribution in [3.63, 3.8) is 0 Å². The van der Waals surface area contributed by atoms with Gasteiger partial charge in [-0.2, -0.15) is 11.8 Å². The van der Waals surface area contributed by atoms with Crippen LogP contribution in [0.5, 0.6) is 0 Å². The molecule has 2 heterocycles. The summed E-state index contributed by atoms with van der Waals surface area (Å²) in [7, 11) is 0. The molecule has 4 rings (SSSR count). The number of aryl methyl sites for hydroxylation is 2. The zero-order valence-corrected chi connectivity index (χ0v) is 14.4. The molecule has 0 atom stereocenters. The van der Waals surface area contributed by atoms with Crippen molar-refractivity contribution >= 4 is 44.9 Å². The van der Waals surface area contributed by atoms with Gasteiger partial charge in [0, 0.05) is 10.1 Å². The van der Waals surface area contributed by atoms with Gasteiger partial charge in [-0.15, -0.1) is 11.3 Å². The second kappa shape index (κ2) is 6.05. The number of hydrogen-bond donors (Lipinski definition) is 0. The molecular weight excluding hydrogens is 320 g/mol. The molecule has 5 heteroatoms. The van der Waals surface area contributed by atoms with E-state index in [1.165, 1.54) is 55.4 Å². The van der Waals surface area contributed by atoms with Crippen molar-refractivity contribution in [3.8, 4) is 0 Å². The highest BCUT2D eigenvalue weighted by atomic mass is 35.5.